The van der Waals surface area contributed by atoms with Gasteiger partial charge in [-0.2, -0.15) is 0 Å². The second-order valence-electron chi connectivity index (χ2n) is 4.41. The lowest BCUT2D eigenvalue weighted by Crippen LogP contribution is -2.17. The van der Waals surface area contributed by atoms with Crippen LogP contribution < -0.4 is 4.74 Å². The molecule has 5 heteroatoms. The van der Waals surface area contributed by atoms with Gasteiger partial charge in [0.1, 0.15) is 5.75 Å². The van der Waals surface area contributed by atoms with Gasteiger partial charge in [-0.3, -0.25) is 4.79 Å². The molecule has 0 bridgehead atoms. The summed E-state index contributed by atoms with van der Waals surface area (Å²) in [6, 6.07) is 5.40. The van der Waals surface area contributed by atoms with Gasteiger partial charge in [0, 0.05) is 6.42 Å². The number of rotatable bonds is 4. The van der Waals surface area contributed by atoms with Crippen molar-refractivity contribution >= 4 is 5.78 Å². The maximum Gasteiger partial charge on any atom is 0.573 e. The number of ketones is 1. The van der Waals surface area contributed by atoms with Crippen molar-refractivity contribution in [2.45, 2.75) is 32.0 Å². The van der Waals surface area contributed by atoms with E-state index in [0.717, 1.165) is 24.8 Å². The number of Topliss-reactive ketones (excluding diaryl/α,β-unsaturated/α-hetero) is 1. The molecule has 0 atom stereocenters. The lowest BCUT2D eigenvalue weighted by molar-refractivity contribution is -0.274. The van der Waals surface area contributed by atoms with Crippen molar-refractivity contribution in [3.05, 3.63) is 41.5 Å². The summed E-state index contributed by atoms with van der Waals surface area (Å²) < 4.78 is 39.7. The summed E-state index contributed by atoms with van der Waals surface area (Å²) in [6.07, 6.45) is 0.195. The molecule has 0 N–H and O–H groups in total. The molecule has 19 heavy (non-hydrogen) atoms. The number of alkyl halides is 3. The first kappa shape index (κ1) is 13.6. The second-order valence-corrected chi connectivity index (χ2v) is 4.41. The Morgan fingerprint density at radius 3 is 2.42 bits per heavy atom. The van der Waals surface area contributed by atoms with Crippen molar-refractivity contribution in [1.29, 1.82) is 0 Å². The van der Waals surface area contributed by atoms with Gasteiger partial charge in [0.2, 0.25) is 0 Å². The SMILES string of the molecule is O=C(Cc1ccc(OC(F)(F)F)cc1)C1=CCCC1. The molecule has 1 aromatic carbocycles. The van der Waals surface area contributed by atoms with Crippen molar-refractivity contribution < 1.29 is 22.7 Å². The Balaban J connectivity index is 1.97. The fraction of sp³-hybridized carbons (Fsp3) is 0.357. The van der Waals surface area contributed by atoms with E-state index in [9.17, 15) is 18.0 Å². The number of halogens is 3. The predicted molar refractivity (Wildman–Crippen MR) is 63.8 cm³/mol. The zero-order valence-corrected chi connectivity index (χ0v) is 10.2. The molecule has 1 aliphatic rings. The van der Waals surface area contributed by atoms with E-state index in [-0.39, 0.29) is 18.0 Å². The summed E-state index contributed by atoms with van der Waals surface area (Å²) in [4.78, 5) is 11.8. The lowest BCUT2D eigenvalue weighted by Gasteiger charge is -2.09. The van der Waals surface area contributed by atoms with Crippen molar-refractivity contribution in [3.63, 3.8) is 0 Å². The van der Waals surface area contributed by atoms with Crippen LogP contribution >= 0.6 is 0 Å². The summed E-state index contributed by atoms with van der Waals surface area (Å²) in [7, 11) is 0. The van der Waals surface area contributed by atoms with Crippen molar-refractivity contribution in [2.75, 3.05) is 0 Å². The van der Waals surface area contributed by atoms with E-state index in [4.69, 9.17) is 0 Å². The summed E-state index contributed by atoms with van der Waals surface area (Å²) in [5.74, 6) is -0.231. The third kappa shape index (κ3) is 4.12. The molecule has 2 nitrogen and oxygen atoms in total. The molecule has 0 unspecified atom stereocenters. The Bertz CT molecular complexity index is 486. The van der Waals surface area contributed by atoms with E-state index in [0.29, 0.717) is 5.56 Å². The normalized spacial score (nSPS) is 15.2. The highest BCUT2D eigenvalue weighted by molar-refractivity contribution is 5.97. The molecule has 0 saturated heterocycles. The first-order valence-corrected chi connectivity index (χ1v) is 6.01. The monoisotopic (exact) mass is 270 g/mol. The van der Waals surface area contributed by atoms with Gasteiger partial charge in [-0.1, -0.05) is 18.2 Å². The number of hydrogen-bond acceptors (Lipinski definition) is 2. The Morgan fingerprint density at radius 1 is 1.21 bits per heavy atom. The van der Waals surface area contributed by atoms with Crippen LogP contribution in [0.2, 0.25) is 0 Å². The van der Waals surface area contributed by atoms with Gasteiger partial charge in [-0.25, -0.2) is 0 Å². The molecule has 0 fully saturated rings. The van der Waals surface area contributed by atoms with E-state index in [2.05, 4.69) is 4.74 Å². The van der Waals surface area contributed by atoms with Crippen LogP contribution in [0.4, 0.5) is 13.2 Å². The van der Waals surface area contributed by atoms with Gasteiger partial charge in [0.15, 0.2) is 5.78 Å². The lowest BCUT2D eigenvalue weighted by atomic mass is 10.0. The number of carbonyl (C=O) groups excluding carboxylic acids is 1. The third-order valence-electron chi connectivity index (χ3n) is 2.92. The third-order valence-corrected chi connectivity index (χ3v) is 2.92. The summed E-state index contributed by atoms with van der Waals surface area (Å²) in [6.45, 7) is 0. The van der Waals surface area contributed by atoms with Crippen LogP contribution in [0.25, 0.3) is 0 Å². The molecule has 102 valence electrons. The van der Waals surface area contributed by atoms with Gasteiger partial charge in [0.25, 0.3) is 0 Å². The van der Waals surface area contributed by atoms with Gasteiger partial charge < -0.3 is 4.74 Å². The molecule has 0 aromatic heterocycles. The van der Waals surface area contributed by atoms with E-state index in [1.54, 1.807) is 0 Å². The molecule has 0 saturated carbocycles. The first-order chi connectivity index (χ1) is 8.94. The van der Waals surface area contributed by atoms with Crippen LogP contribution in [-0.2, 0) is 11.2 Å². The van der Waals surface area contributed by atoms with Crippen LogP contribution in [0.5, 0.6) is 5.75 Å². The fourth-order valence-corrected chi connectivity index (χ4v) is 2.03. The number of hydrogen-bond donors (Lipinski definition) is 0. The van der Waals surface area contributed by atoms with Crippen molar-refractivity contribution in [1.82, 2.24) is 0 Å². The Hall–Kier alpha value is -1.78. The molecule has 0 spiro atoms. The van der Waals surface area contributed by atoms with Crippen LogP contribution in [0.15, 0.2) is 35.9 Å². The van der Waals surface area contributed by atoms with Gasteiger partial charge in [0.05, 0.1) is 0 Å². The highest BCUT2D eigenvalue weighted by atomic mass is 19.4. The molecule has 0 amide bonds. The largest absolute Gasteiger partial charge is 0.573 e. The van der Waals surface area contributed by atoms with Crippen LogP contribution in [0.1, 0.15) is 24.8 Å². The zero-order valence-electron chi connectivity index (χ0n) is 10.2. The van der Waals surface area contributed by atoms with Crippen molar-refractivity contribution in [3.8, 4) is 5.75 Å². The number of ether oxygens (including phenoxy) is 1. The number of carbonyl (C=O) groups is 1. The fourth-order valence-electron chi connectivity index (χ4n) is 2.03. The Labute approximate surface area is 108 Å². The highest BCUT2D eigenvalue weighted by Gasteiger charge is 2.30. The highest BCUT2D eigenvalue weighted by Crippen LogP contribution is 2.24. The van der Waals surface area contributed by atoms with Gasteiger partial charge >= 0.3 is 6.36 Å². The molecule has 0 radical (unpaired) electrons. The Kier molecular flexibility index (Phi) is 3.93. The topological polar surface area (TPSA) is 26.3 Å². The maximum atomic E-state index is 12.0. The average Bonchev–Trinajstić information content (AvgIpc) is 2.83. The van der Waals surface area contributed by atoms with Crippen LogP contribution in [-0.4, -0.2) is 12.1 Å². The molecule has 1 aromatic rings. The zero-order chi connectivity index (χ0) is 13.9. The quantitative estimate of drug-likeness (QED) is 0.831. The van der Waals surface area contributed by atoms with Crippen molar-refractivity contribution in [2.24, 2.45) is 0 Å². The number of allylic oxidation sites excluding steroid dienone is 2. The van der Waals surface area contributed by atoms with E-state index in [1.165, 1.54) is 24.3 Å². The summed E-state index contributed by atoms with van der Waals surface area (Å²) in [5.41, 5.74) is 1.52. The molecule has 1 aliphatic carbocycles. The van der Waals surface area contributed by atoms with Crippen LogP contribution in [0, 0.1) is 0 Å². The van der Waals surface area contributed by atoms with Gasteiger partial charge in [-0.05, 0) is 42.5 Å². The molecular formula is C14H13F3O2. The van der Waals surface area contributed by atoms with Gasteiger partial charge in [-0.15, -0.1) is 13.2 Å². The van der Waals surface area contributed by atoms with E-state index in [1.807, 2.05) is 6.08 Å². The molecule has 0 heterocycles. The summed E-state index contributed by atoms with van der Waals surface area (Å²) >= 11 is 0. The predicted octanol–water partition coefficient (Wildman–Crippen LogP) is 3.81. The Morgan fingerprint density at radius 2 is 1.89 bits per heavy atom. The smallest absolute Gasteiger partial charge is 0.406 e. The first-order valence-electron chi connectivity index (χ1n) is 6.01. The molecular weight excluding hydrogens is 257 g/mol. The molecule has 0 aliphatic heterocycles. The van der Waals surface area contributed by atoms with E-state index < -0.39 is 6.36 Å². The van der Waals surface area contributed by atoms with Crippen LogP contribution in [0.3, 0.4) is 0 Å². The summed E-state index contributed by atoms with van der Waals surface area (Å²) in [5, 5.41) is 0. The minimum absolute atomic E-state index is 0.0435. The maximum absolute atomic E-state index is 12.0. The standard InChI is InChI=1S/C14H13F3O2/c15-14(16,17)19-12-7-5-10(6-8-12)9-13(18)11-3-1-2-4-11/h3,5-8H,1-2,4,9H2. The molecule has 2 rings (SSSR count). The van der Waals surface area contributed by atoms with E-state index >= 15 is 0 Å². The number of benzene rings is 1. The second kappa shape index (κ2) is 5.47. The minimum Gasteiger partial charge on any atom is -0.406 e. The minimum atomic E-state index is -4.69. The average molecular weight is 270 g/mol.